The molecule has 2 aliphatic rings. The van der Waals surface area contributed by atoms with Gasteiger partial charge in [0.25, 0.3) is 0 Å². The van der Waals surface area contributed by atoms with Crippen molar-refractivity contribution >= 4 is 23.0 Å². The van der Waals surface area contributed by atoms with Crippen LogP contribution < -0.4 is 16.4 Å². The summed E-state index contributed by atoms with van der Waals surface area (Å²) in [6.45, 7) is 4.46. The average Bonchev–Trinajstić information content (AvgIpc) is 2.43. The maximum atomic E-state index is 11.5. The molecule has 0 aliphatic carbocycles. The number of hydrogen-bond donors (Lipinski definition) is 3. The SMILES string of the molecule is CC1CN(C)CCC1Nc1cc2c(cc1N)CCC(=O)N2. The zero-order chi connectivity index (χ0) is 15.0. The molecule has 0 radical (unpaired) electrons. The molecule has 1 fully saturated rings. The Morgan fingerprint density at radius 3 is 2.95 bits per heavy atom. The van der Waals surface area contributed by atoms with Crippen LogP contribution in [0.2, 0.25) is 0 Å². The van der Waals surface area contributed by atoms with Gasteiger partial charge in [-0.3, -0.25) is 4.79 Å². The van der Waals surface area contributed by atoms with Crippen LogP contribution >= 0.6 is 0 Å². The number of likely N-dealkylation sites (tertiary alicyclic amines) is 1. The first-order chi connectivity index (χ1) is 10.0. The number of piperidine rings is 1. The summed E-state index contributed by atoms with van der Waals surface area (Å²) in [6.07, 6.45) is 2.43. The fourth-order valence-electron chi connectivity index (χ4n) is 3.34. The summed E-state index contributed by atoms with van der Waals surface area (Å²) >= 11 is 0. The third-order valence-electron chi connectivity index (χ3n) is 4.62. The maximum Gasteiger partial charge on any atom is 0.224 e. The molecule has 1 saturated heterocycles. The van der Waals surface area contributed by atoms with Crippen molar-refractivity contribution in [2.75, 3.05) is 36.5 Å². The second-order valence-electron chi connectivity index (χ2n) is 6.42. The van der Waals surface area contributed by atoms with Gasteiger partial charge in [0.05, 0.1) is 11.4 Å². The Balaban J connectivity index is 1.79. The fraction of sp³-hybridized carbons (Fsp3) is 0.562. The summed E-state index contributed by atoms with van der Waals surface area (Å²) in [5, 5.41) is 6.52. The predicted molar refractivity (Wildman–Crippen MR) is 86.5 cm³/mol. The molecule has 2 aliphatic heterocycles. The molecular weight excluding hydrogens is 264 g/mol. The topological polar surface area (TPSA) is 70.4 Å². The van der Waals surface area contributed by atoms with Crippen LogP contribution in [-0.4, -0.2) is 37.0 Å². The van der Waals surface area contributed by atoms with E-state index in [1.807, 2.05) is 12.1 Å². The maximum absolute atomic E-state index is 11.5. The van der Waals surface area contributed by atoms with E-state index < -0.39 is 0 Å². The molecule has 1 aromatic carbocycles. The van der Waals surface area contributed by atoms with E-state index in [1.165, 1.54) is 0 Å². The zero-order valence-electron chi connectivity index (χ0n) is 12.8. The van der Waals surface area contributed by atoms with Gasteiger partial charge in [-0.15, -0.1) is 0 Å². The fourth-order valence-corrected chi connectivity index (χ4v) is 3.34. The van der Waals surface area contributed by atoms with Gasteiger partial charge in [-0.1, -0.05) is 6.92 Å². The Labute approximate surface area is 125 Å². The van der Waals surface area contributed by atoms with E-state index in [0.29, 0.717) is 18.4 Å². The number of nitrogens with one attached hydrogen (secondary N) is 2. The third-order valence-corrected chi connectivity index (χ3v) is 4.62. The normalized spacial score (nSPS) is 26.1. The molecule has 5 heteroatoms. The number of benzene rings is 1. The van der Waals surface area contributed by atoms with Crippen LogP contribution in [0, 0.1) is 5.92 Å². The third kappa shape index (κ3) is 2.97. The number of fused-ring (bicyclic) bond motifs is 1. The molecule has 2 atom stereocenters. The second-order valence-corrected chi connectivity index (χ2v) is 6.42. The summed E-state index contributed by atoms with van der Waals surface area (Å²) in [5.74, 6) is 0.666. The van der Waals surface area contributed by atoms with Crippen molar-refractivity contribution in [2.24, 2.45) is 5.92 Å². The van der Waals surface area contributed by atoms with Crippen molar-refractivity contribution in [1.82, 2.24) is 4.90 Å². The number of amides is 1. The molecule has 5 nitrogen and oxygen atoms in total. The Morgan fingerprint density at radius 1 is 1.38 bits per heavy atom. The van der Waals surface area contributed by atoms with E-state index >= 15 is 0 Å². The van der Waals surface area contributed by atoms with Gasteiger partial charge < -0.3 is 21.3 Å². The van der Waals surface area contributed by atoms with Crippen LogP contribution in [0.3, 0.4) is 0 Å². The Morgan fingerprint density at radius 2 is 2.19 bits per heavy atom. The lowest BCUT2D eigenvalue weighted by Gasteiger charge is -2.36. The molecule has 1 amide bonds. The van der Waals surface area contributed by atoms with Crippen molar-refractivity contribution in [3.63, 3.8) is 0 Å². The van der Waals surface area contributed by atoms with Gasteiger partial charge in [-0.25, -0.2) is 0 Å². The van der Waals surface area contributed by atoms with Crippen LogP contribution in [0.4, 0.5) is 17.1 Å². The van der Waals surface area contributed by atoms with E-state index in [-0.39, 0.29) is 5.91 Å². The molecule has 3 rings (SSSR count). The van der Waals surface area contributed by atoms with Gasteiger partial charge in [0.2, 0.25) is 5.91 Å². The van der Waals surface area contributed by atoms with E-state index in [4.69, 9.17) is 5.73 Å². The van der Waals surface area contributed by atoms with Gasteiger partial charge in [0.15, 0.2) is 0 Å². The predicted octanol–water partition coefficient (Wildman–Crippen LogP) is 1.91. The van der Waals surface area contributed by atoms with Gasteiger partial charge in [0, 0.05) is 24.7 Å². The monoisotopic (exact) mass is 288 g/mol. The number of aryl methyl sites for hydroxylation is 1. The van der Waals surface area contributed by atoms with Crippen molar-refractivity contribution in [3.8, 4) is 0 Å². The van der Waals surface area contributed by atoms with Crippen LogP contribution in [0.1, 0.15) is 25.3 Å². The van der Waals surface area contributed by atoms with E-state index in [2.05, 4.69) is 29.5 Å². The molecular formula is C16H24N4O. The van der Waals surface area contributed by atoms with Crippen LogP contribution in [-0.2, 0) is 11.2 Å². The highest BCUT2D eigenvalue weighted by atomic mass is 16.1. The van der Waals surface area contributed by atoms with Crippen molar-refractivity contribution in [2.45, 2.75) is 32.2 Å². The highest BCUT2D eigenvalue weighted by Crippen LogP contribution is 2.32. The van der Waals surface area contributed by atoms with Crippen molar-refractivity contribution in [1.29, 1.82) is 0 Å². The summed E-state index contributed by atoms with van der Waals surface area (Å²) in [4.78, 5) is 13.9. The van der Waals surface area contributed by atoms with Crippen molar-refractivity contribution in [3.05, 3.63) is 17.7 Å². The molecule has 4 N–H and O–H groups in total. The van der Waals surface area contributed by atoms with Gasteiger partial charge in [0.1, 0.15) is 0 Å². The molecule has 1 aromatic rings. The number of nitrogens with zero attached hydrogens (tertiary/aromatic N) is 1. The van der Waals surface area contributed by atoms with Crippen molar-refractivity contribution < 1.29 is 4.79 Å². The summed E-state index contributed by atoms with van der Waals surface area (Å²) in [6, 6.07) is 4.42. The first-order valence-electron chi connectivity index (χ1n) is 7.70. The quantitative estimate of drug-likeness (QED) is 0.727. The summed E-state index contributed by atoms with van der Waals surface area (Å²) < 4.78 is 0. The smallest absolute Gasteiger partial charge is 0.224 e. The zero-order valence-corrected chi connectivity index (χ0v) is 12.8. The molecule has 21 heavy (non-hydrogen) atoms. The minimum atomic E-state index is 0.0888. The molecule has 2 heterocycles. The molecule has 2 unspecified atom stereocenters. The summed E-state index contributed by atoms with van der Waals surface area (Å²) in [7, 11) is 2.16. The lowest BCUT2D eigenvalue weighted by atomic mass is 9.93. The average molecular weight is 288 g/mol. The Kier molecular flexibility index (Phi) is 3.76. The van der Waals surface area contributed by atoms with Crippen LogP contribution in [0.25, 0.3) is 0 Å². The molecule has 114 valence electrons. The van der Waals surface area contributed by atoms with Gasteiger partial charge in [-0.05, 0) is 50.0 Å². The Bertz CT molecular complexity index is 557. The number of nitrogens with two attached hydrogens (primary N) is 1. The largest absolute Gasteiger partial charge is 0.397 e. The first kappa shape index (κ1) is 14.2. The molecule has 0 aromatic heterocycles. The molecule has 0 saturated carbocycles. The highest BCUT2D eigenvalue weighted by molar-refractivity contribution is 5.95. The molecule has 0 bridgehead atoms. The lowest BCUT2D eigenvalue weighted by Crippen LogP contribution is -2.43. The highest BCUT2D eigenvalue weighted by Gasteiger charge is 2.25. The number of rotatable bonds is 2. The van der Waals surface area contributed by atoms with Gasteiger partial charge >= 0.3 is 0 Å². The lowest BCUT2D eigenvalue weighted by molar-refractivity contribution is -0.116. The Hall–Kier alpha value is -1.75. The van der Waals surface area contributed by atoms with E-state index in [1.54, 1.807) is 0 Å². The van der Waals surface area contributed by atoms with Gasteiger partial charge in [-0.2, -0.15) is 0 Å². The van der Waals surface area contributed by atoms with E-state index in [9.17, 15) is 4.79 Å². The number of carbonyl (C=O) groups excluding carboxylic acids is 1. The number of carbonyl (C=O) groups is 1. The number of nitrogen functional groups attached to an aromatic ring is 1. The second kappa shape index (κ2) is 5.56. The molecule has 0 spiro atoms. The van der Waals surface area contributed by atoms with Crippen LogP contribution in [0.5, 0.6) is 0 Å². The summed E-state index contributed by atoms with van der Waals surface area (Å²) in [5.41, 5.74) is 9.94. The first-order valence-corrected chi connectivity index (χ1v) is 7.70. The standard InChI is InChI=1S/C16H24N4O/c1-10-9-20(2)6-5-13(10)18-15-8-14-11(7-12(15)17)3-4-16(21)19-14/h7-8,10,13,18H,3-6,9,17H2,1-2H3,(H,19,21). The number of anilines is 3. The minimum Gasteiger partial charge on any atom is -0.397 e. The van der Waals surface area contributed by atoms with Crippen LogP contribution in [0.15, 0.2) is 12.1 Å². The van der Waals surface area contributed by atoms with E-state index in [0.717, 1.165) is 48.6 Å². The minimum absolute atomic E-state index is 0.0888. The number of hydrogen-bond acceptors (Lipinski definition) is 4.